The average Bonchev–Trinajstić information content (AvgIpc) is 2.98. The highest BCUT2D eigenvalue weighted by Crippen LogP contribution is 2.33. The van der Waals surface area contributed by atoms with Gasteiger partial charge in [0.05, 0.1) is 5.92 Å². The number of fused-ring (bicyclic) bond motifs is 1. The highest BCUT2D eigenvalue weighted by atomic mass is 32.1. The number of piperidine rings is 1. The third-order valence-electron chi connectivity index (χ3n) is 4.47. The molecule has 2 saturated heterocycles. The van der Waals surface area contributed by atoms with Gasteiger partial charge in [0.2, 0.25) is 5.91 Å². The maximum Gasteiger partial charge on any atom is 0.227 e. The first kappa shape index (κ1) is 13.1. The zero-order chi connectivity index (χ0) is 13.4. The minimum absolute atomic E-state index is 0.245. The number of nitrogens with zero attached hydrogens (tertiary/aromatic N) is 2. The van der Waals surface area contributed by atoms with E-state index in [1.54, 1.807) is 11.3 Å². The molecular weight excluding hydrogens is 256 g/mol. The van der Waals surface area contributed by atoms with Gasteiger partial charge in [-0.3, -0.25) is 9.69 Å². The molecule has 0 aromatic carbocycles. The monoisotopic (exact) mass is 278 g/mol. The van der Waals surface area contributed by atoms with E-state index < -0.39 is 0 Å². The second kappa shape index (κ2) is 5.25. The van der Waals surface area contributed by atoms with Crippen molar-refractivity contribution in [2.45, 2.75) is 32.9 Å². The Hall–Kier alpha value is -0.870. The molecule has 0 spiro atoms. The van der Waals surface area contributed by atoms with Gasteiger partial charge in [-0.1, -0.05) is 0 Å². The standard InChI is InChI=1S/C15H22N2OS/c1-11(2)17-5-3-13-8-16(9-14(13)15(17)18)7-12-4-6-19-10-12/h4,6,10-11,13-14H,3,5,7-9H2,1-2H3. The van der Waals surface area contributed by atoms with E-state index in [9.17, 15) is 4.79 Å². The molecule has 2 unspecified atom stereocenters. The average molecular weight is 278 g/mol. The summed E-state index contributed by atoms with van der Waals surface area (Å²) in [5.74, 6) is 1.22. The smallest absolute Gasteiger partial charge is 0.227 e. The molecule has 0 aliphatic carbocycles. The maximum atomic E-state index is 12.5. The normalized spacial score (nSPS) is 28.2. The second-order valence-corrected chi connectivity index (χ2v) is 6.89. The molecule has 3 heterocycles. The van der Waals surface area contributed by atoms with Crippen molar-refractivity contribution in [2.24, 2.45) is 11.8 Å². The number of carbonyl (C=O) groups is 1. The van der Waals surface area contributed by atoms with E-state index >= 15 is 0 Å². The van der Waals surface area contributed by atoms with Crippen LogP contribution in [0.3, 0.4) is 0 Å². The Morgan fingerprint density at radius 3 is 2.95 bits per heavy atom. The Morgan fingerprint density at radius 1 is 1.42 bits per heavy atom. The molecule has 0 N–H and O–H groups in total. The molecule has 1 aromatic rings. The Kier molecular flexibility index (Phi) is 3.63. The quantitative estimate of drug-likeness (QED) is 0.848. The Bertz CT molecular complexity index is 443. The number of likely N-dealkylation sites (tertiary alicyclic amines) is 2. The number of amides is 1. The van der Waals surface area contributed by atoms with Gasteiger partial charge in [0.25, 0.3) is 0 Å². The molecule has 0 saturated carbocycles. The van der Waals surface area contributed by atoms with Gasteiger partial charge in [-0.25, -0.2) is 0 Å². The molecule has 4 heteroatoms. The van der Waals surface area contributed by atoms with Crippen molar-refractivity contribution in [1.82, 2.24) is 9.80 Å². The summed E-state index contributed by atoms with van der Waals surface area (Å²) in [6.07, 6.45) is 1.18. The molecular formula is C15H22N2OS. The molecule has 2 aliphatic heterocycles. The van der Waals surface area contributed by atoms with Crippen LogP contribution in [-0.4, -0.2) is 41.4 Å². The van der Waals surface area contributed by atoms with Gasteiger partial charge in [0.1, 0.15) is 0 Å². The van der Waals surface area contributed by atoms with Crippen molar-refractivity contribution in [3.63, 3.8) is 0 Å². The van der Waals surface area contributed by atoms with E-state index in [1.165, 1.54) is 12.0 Å². The zero-order valence-corrected chi connectivity index (χ0v) is 12.5. The summed E-state index contributed by atoms with van der Waals surface area (Å²) in [5.41, 5.74) is 1.39. The predicted octanol–water partition coefficient (Wildman–Crippen LogP) is 2.44. The van der Waals surface area contributed by atoms with E-state index in [4.69, 9.17) is 0 Å². The van der Waals surface area contributed by atoms with Crippen LogP contribution in [0, 0.1) is 11.8 Å². The van der Waals surface area contributed by atoms with E-state index in [0.717, 1.165) is 26.2 Å². The van der Waals surface area contributed by atoms with Crippen molar-refractivity contribution in [2.75, 3.05) is 19.6 Å². The maximum absolute atomic E-state index is 12.5. The second-order valence-electron chi connectivity index (χ2n) is 6.11. The molecule has 104 valence electrons. The topological polar surface area (TPSA) is 23.6 Å². The number of hydrogen-bond donors (Lipinski definition) is 0. The third kappa shape index (κ3) is 2.56. The van der Waals surface area contributed by atoms with Gasteiger partial charge < -0.3 is 4.90 Å². The fourth-order valence-corrected chi connectivity index (χ4v) is 4.10. The van der Waals surface area contributed by atoms with Crippen LogP contribution in [0.4, 0.5) is 0 Å². The summed E-state index contributed by atoms with van der Waals surface area (Å²) in [6.45, 7) is 8.24. The molecule has 3 rings (SSSR count). The van der Waals surface area contributed by atoms with Crippen molar-refractivity contribution >= 4 is 17.2 Å². The van der Waals surface area contributed by atoms with Crippen molar-refractivity contribution in [1.29, 1.82) is 0 Å². The lowest BCUT2D eigenvalue weighted by Gasteiger charge is -2.36. The Labute approximate surface area is 119 Å². The molecule has 1 aromatic heterocycles. The van der Waals surface area contributed by atoms with Crippen molar-refractivity contribution in [3.05, 3.63) is 22.4 Å². The summed E-state index contributed by atoms with van der Waals surface area (Å²) in [4.78, 5) is 17.0. The van der Waals surface area contributed by atoms with Crippen LogP contribution in [0.2, 0.25) is 0 Å². The van der Waals surface area contributed by atoms with Crippen LogP contribution < -0.4 is 0 Å². The fraction of sp³-hybridized carbons (Fsp3) is 0.667. The van der Waals surface area contributed by atoms with E-state index in [2.05, 4.69) is 40.5 Å². The largest absolute Gasteiger partial charge is 0.340 e. The first-order valence-electron chi connectivity index (χ1n) is 7.19. The van der Waals surface area contributed by atoms with Gasteiger partial charge in [-0.15, -0.1) is 0 Å². The minimum atomic E-state index is 0.245. The number of rotatable bonds is 3. The van der Waals surface area contributed by atoms with E-state index in [0.29, 0.717) is 17.9 Å². The molecule has 2 aliphatic rings. The first-order valence-corrected chi connectivity index (χ1v) is 8.13. The molecule has 2 atom stereocenters. The summed E-state index contributed by atoms with van der Waals surface area (Å²) in [7, 11) is 0. The number of thiophene rings is 1. The summed E-state index contributed by atoms with van der Waals surface area (Å²) in [6, 6.07) is 2.54. The fourth-order valence-electron chi connectivity index (χ4n) is 3.44. The minimum Gasteiger partial charge on any atom is -0.340 e. The van der Waals surface area contributed by atoms with Gasteiger partial charge in [0.15, 0.2) is 0 Å². The Morgan fingerprint density at radius 2 is 2.26 bits per heavy atom. The third-order valence-corrected chi connectivity index (χ3v) is 5.20. The van der Waals surface area contributed by atoms with Crippen LogP contribution >= 0.6 is 11.3 Å². The number of hydrogen-bond acceptors (Lipinski definition) is 3. The molecule has 2 fully saturated rings. The lowest BCUT2D eigenvalue weighted by atomic mass is 9.87. The van der Waals surface area contributed by atoms with Crippen LogP contribution in [-0.2, 0) is 11.3 Å². The molecule has 0 radical (unpaired) electrons. The summed E-state index contributed by atoms with van der Waals surface area (Å²) in [5, 5.41) is 4.34. The van der Waals surface area contributed by atoms with Crippen LogP contribution in [0.25, 0.3) is 0 Å². The van der Waals surface area contributed by atoms with Crippen molar-refractivity contribution < 1.29 is 4.79 Å². The van der Waals surface area contributed by atoms with E-state index in [-0.39, 0.29) is 5.92 Å². The molecule has 19 heavy (non-hydrogen) atoms. The van der Waals surface area contributed by atoms with Gasteiger partial charge in [0, 0.05) is 32.2 Å². The van der Waals surface area contributed by atoms with Crippen LogP contribution in [0.5, 0.6) is 0 Å². The predicted molar refractivity (Wildman–Crippen MR) is 78.0 cm³/mol. The molecule has 3 nitrogen and oxygen atoms in total. The molecule has 1 amide bonds. The zero-order valence-electron chi connectivity index (χ0n) is 11.7. The number of carbonyl (C=O) groups excluding carboxylic acids is 1. The van der Waals surface area contributed by atoms with Gasteiger partial charge in [-0.2, -0.15) is 11.3 Å². The highest BCUT2D eigenvalue weighted by molar-refractivity contribution is 7.07. The van der Waals surface area contributed by atoms with Gasteiger partial charge >= 0.3 is 0 Å². The van der Waals surface area contributed by atoms with Crippen molar-refractivity contribution in [3.8, 4) is 0 Å². The lowest BCUT2D eigenvalue weighted by molar-refractivity contribution is -0.141. The lowest BCUT2D eigenvalue weighted by Crippen LogP contribution is -2.48. The van der Waals surface area contributed by atoms with Crippen LogP contribution in [0.15, 0.2) is 16.8 Å². The van der Waals surface area contributed by atoms with E-state index in [1.807, 2.05) is 0 Å². The highest BCUT2D eigenvalue weighted by Gasteiger charge is 2.43. The van der Waals surface area contributed by atoms with Gasteiger partial charge in [-0.05, 0) is 48.6 Å². The first-order chi connectivity index (χ1) is 9.15. The van der Waals surface area contributed by atoms with Crippen LogP contribution in [0.1, 0.15) is 25.8 Å². The summed E-state index contributed by atoms with van der Waals surface area (Å²) < 4.78 is 0. The summed E-state index contributed by atoms with van der Waals surface area (Å²) >= 11 is 1.75. The Balaban J connectivity index is 1.65. The molecule has 0 bridgehead atoms. The SMILES string of the molecule is CC(C)N1CCC2CN(Cc3ccsc3)CC2C1=O.